The Morgan fingerprint density at radius 2 is 1.52 bits per heavy atom. The number of ether oxygens (including phenoxy) is 2. The molecule has 112 valence electrons. The third kappa shape index (κ3) is 3.70. The molecule has 1 unspecified atom stereocenters. The number of aryl methyl sites for hydroxylation is 2. The summed E-state index contributed by atoms with van der Waals surface area (Å²) in [6.45, 7) is 4.10. The lowest BCUT2D eigenvalue weighted by Crippen LogP contribution is -1.99. The molecule has 0 aliphatic rings. The van der Waals surface area contributed by atoms with E-state index in [0.717, 1.165) is 34.6 Å². The average Bonchev–Trinajstić information content (AvgIpc) is 2.47. The highest BCUT2D eigenvalue weighted by Crippen LogP contribution is 2.32. The van der Waals surface area contributed by atoms with Gasteiger partial charge in [0.2, 0.25) is 0 Å². The summed E-state index contributed by atoms with van der Waals surface area (Å²) in [6, 6.07) is 12.2. The van der Waals surface area contributed by atoms with Crippen molar-refractivity contribution in [1.29, 1.82) is 0 Å². The van der Waals surface area contributed by atoms with Crippen LogP contribution in [0, 0.1) is 13.8 Å². The van der Waals surface area contributed by atoms with Crippen molar-refractivity contribution >= 4 is 11.6 Å². The summed E-state index contributed by atoms with van der Waals surface area (Å²) < 4.78 is 10.6. The number of rotatable bonds is 5. The Labute approximate surface area is 131 Å². The monoisotopic (exact) mass is 304 g/mol. The van der Waals surface area contributed by atoms with Crippen molar-refractivity contribution in [2.75, 3.05) is 14.2 Å². The van der Waals surface area contributed by atoms with Crippen molar-refractivity contribution in [3.8, 4) is 11.5 Å². The minimum absolute atomic E-state index is 0.0540. The second-order valence-corrected chi connectivity index (χ2v) is 5.73. The first-order valence-corrected chi connectivity index (χ1v) is 7.41. The van der Waals surface area contributed by atoms with E-state index < -0.39 is 0 Å². The van der Waals surface area contributed by atoms with E-state index in [2.05, 4.69) is 24.3 Å². The van der Waals surface area contributed by atoms with Gasteiger partial charge in [0.25, 0.3) is 0 Å². The lowest BCUT2D eigenvalue weighted by atomic mass is 9.99. The summed E-state index contributed by atoms with van der Waals surface area (Å²) in [5.41, 5.74) is 4.56. The van der Waals surface area contributed by atoms with Crippen molar-refractivity contribution in [2.24, 2.45) is 0 Å². The van der Waals surface area contributed by atoms with Crippen LogP contribution in [0.3, 0.4) is 0 Å². The molecule has 1 atom stereocenters. The molecule has 2 aromatic rings. The van der Waals surface area contributed by atoms with E-state index in [1.54, 1.807) is 14.2 Å². The first-order chi connectivity index (χ1) is 10.0. The zero-order chi connectivity index (χ0) is 15.4. The van der Waals surface area contributed by atoms with Gasteiger partial charge in [-0.05, 0) is 54.7 Å². The maximum atomic E-state index is 6.58. The van der Waals surface area contributed by atoms with Crippen molar-refractivity contribution in [2.45, 2.75) is 25.6 Å². The van der Waals surface area contributed by atoms with Gasteiger partial charge in [0.15, 0.2) is 0 Å². The van der Waals surface area contributed by atoms with Gasteiger partial charge in [-0.2, -0.15) is 0 Å². The van der Waals surface area contributed by atoms with Crippen LogP contribution in [0.2, 0.25) is 0 Å². The first kappa shape index (κ1) is 15.7. The molecule has 0 heterocycles. The predicted molar refractivity (Wildman–Crippen MR) is 87.8 cm³/mol. The van der Waals surface area contributed by atoms with Crippen LogP contribution < -0.4 is 9.47 Å². The lowest BCUT2D eigenvalue weighted by molar-refractivity contribution is 0.408. The van der Waals surface area contributed by atoms with Crippen molar-refractivity contribution < 1.29 is 9.47 Å². The van der Waals surface area contributed by atoms with Crippen LogP contribution in [0.5, 0.6) is 11.5 Å². The quantitative estimate of drug-likeness (QED) is 0.736. The molecule has 0 amide bonds. The second-order valence-electron chi connectivity index (χ2n) is 5.21. The molecule has 21 heavy (non-hydrogen) atoms. The number of methoxy groups -OCH3 is 2. The maximum Gasteiger partial charge on any atom is 0.124 e. The van der Waals surface area contributed by atoms with Crippen LogP contribution in [0.4, 0.5) is 0 Å². The van der Waals surface area contributed by atoms with Crippen molar-refractivity contribution in [3.05, 3.63) is 58.7 Å². The summed E-state index contributed by atoms with van der Waals surface area (Å²) >= 11 is 6.58. The fraction of sp³-hybridized carbons (Fsp3) is 0.333. The molecule has 0 fully saturated rings. The van der Waals surface area contributed by atoms with Crippen LogP contribution >= 0.6 is 11.6 Å². The third-order valence-corrected chi connectivity index (χ3v) is 4.03. The first-order valence-electron chi connectivity index (χ1n) is 6.97. The van der Waals surface area contributed by atoms with Crippen LogP contribution in [0.1, 0.15) is 27.6 Å². The van der Waals surface area contributed by atoms with Gasteiger partial charge in [0.1, 0.15) is 11.5 Å². The Morgan fingerprint density at radius 1 is 0.952 bits per heavy atom. The Balaban J connectivity index is 2.17. The molecular formula is C18H21ClO2. The molecule has 0 aromatic heterocycles. The van der Waals surface area contributed by atoms with Gasteiger partial charge in [-0.15, -0.1) is 11.6 Å². The predicted octanol–water partition coefficient (Wildman–Crippen LogP) is 4.84. The molecule has 0 N–H and O–H groups in total. The van der Waals surface area contributed by atoms with Crippen LogP contribution in [-0.2, 0) is 6.42 Å². The fourth-order valence-corrected chi connectivity index (χ4v) is 2.88. The topological polar surface area (TPSA) is 18.5 Å². The lowest BCUT2D eigenvalue weighted by Gasteiger charge is -2.15. The molecule has 0 aliphatic heterocycles. The normalized spacial score (nSPS) is 12.0. The summed E-state index contributed by atoms with van der Waals surface area (Å²) in [7, 11) is 3.37. The van der Waals surface area contributed by atoms with E-state index in [0.29, 0.717) is 0 Å². The Kier molecular flexibility index (Phi) is 5.13. The van der Waals surface area contributed by atoms with E-state index >= 15 is 0 Å². The summed E-state index contributed by atoms with van der Waals surface area (Å²) in [5, 5.41) is -0.0540. The van der Waals surface area contributed by atoms with Gasteiger partial charge in [0.05, 0.1) is 19.6 Å². The van der Waals surface area contributed by atoms with E-state index in [1.807, 2.05) is 26.0 Å². The Bertz CT molecular complexity index is 582. The van der Waals surface area contributed by atoms with E-state index in [9.17, 15) is 0 Å². The standard InChI is InChI=1S/C18H21ClO2/c1-12-9-15(10-13(2)18(12)21-4)17(19)11-14-5-7-16(20-3)8-6-14/h5-10,17H,11H2,1-4H3. The van der Waals surface area contributed by atoms with Crippen LogP contribution in [0.25, 0.3) is 0 Å². The van der Waals surface area contributed by atoms with Gasteiger partial charge in [-0.25, -0.2) is 0 Å². The Hall–Kier alpha value is -1.67. The molecular weight excluding hydrogens is 284 g/mol. The summed E-state index contributed by atoms with van der Waals surface area (Å²) in [4.78, 5) is 0. The zero-order valence-corrected chi connectivity index (χ0v) is 13.7. The SMILES string of the molecule is COc1ccc(CC(Cl)c2cc(C)c(OC)c(C)c2)cc1. The molecule has 2 nitrogen and oxygen atoms in total. The fourth-order valence-electron chi connectivity index (χ4n) is 2.57. The van der Waals surface area contributed by atoms with E-state index in [1.165, 1.54) is 5.56 Å². The van der Waals surface area contributed by atoms with Crippen LogP contribution in [-0.4, -0.2) is 14.2 Å². The van der Waals surface area contributed by atoms with Gasteiger partial charge in [0, 0.05) is 0 Å². The molecule has 0 spiro atoms. The molecule has 0 saturated carbocycles. The zero-order valence-electron chi connectivity index (χ0n) is 12.9. The average molecular weight is 305 g/mol. The molecule has 2 rings (SSSR count). The molecule has 0 saturated heterocycles. The van der Waals surface area contributed by atoms with Gasteiger partial charge < -0.3 is 9.47 Å². The molecule has 0 bridgehead atoms. The number of hydrogen-bond acceptors (Lipinski definition) is 2. The number of halogens is 1. The van der Waals surface area contributed by atoms with E-state index in [4.69, 9.17) is 21.1 Å². The minimum atomic E-state index is -0.0540. The van der Waals surface area contributed by atoms with Gasteiger partial charge in [-0.1, -0.05) is 24.3 Å². The number of hydrogen-bond donors (Lipinski definition) is 0. The molecule has 3 heteroatoms. The second kappa shape index (κ2) is 6.86. The van der Waals surface area contributed by atoms with Crippen LogP contribution in [0.15, 0.2) is 36.4 Å². The molecule has 2 aromatic carbocycles. The Morgan fingerprint density at radius 3 is 2.00 bits per heavy atom. The third-order valence-electron chi connectivity index (χ3n) is 3.62. The highest BCUT2D eigenvalue weighted by atomic mass is 35.5. The highest BCUT2D eigenvalue weighted by Gasteiger charge is 2.13. The number of benzene rings is 2. The summed E-state index contributed by atoms with van der Waals surface area (Å²) in [5.74, 6) is 1.80. The van der Waals surface area contributed by atoms with Gasteiger partial charge in [-0.3, -0.25) is 0 Å². The molecule has 0 radical (unpaired) electrons. The van der Waals surface area contributed by atoms with E-state index in [-0.39, 0.29) is 5.38 Å². The largest absolute Gasteiger partial charge is 0.497 e. The van der Waals surface area contributed by atoms with Crippen molar-refractivity contribution in [3.63, 3.8) is 0 Å². The van der Waals surface area contributed by atoms with Gasteiger partial charge >= 0.3 is 0 Å². The maximum absolute atomic E-state index is 6.58. The van der Waals surface area contributed by atoms with Crippen molar-refractivity contribution in [1.82, 2.24) is 0 Å². The summed E-state index contributed by atoms with van der Waals surface area (Å²) in [6.07, 6.45) is 0.788. The number of alkyl halides is 1. The minimum Gasteiger partial charge on any atom is -0.497 e. The highest BCUT2D eigenvalue weighted by molar-refractivity contribution is 6.21. The smallest absolute Gasteiger partial charge is 0.124 e. The molecule has 0 aliphatic carbocycles.